The first-order valence-electron chi connectivity index (χ1n) is 9.13. The van der Waals surface area contributed by atoms with Crippen molar-refractivity contribution >= 4 is 0 Å². The lowest BCUT2D eigenvalue weighted by Crippen LogP contribution is -2.45. The fourth-order valence-electron chi connectivity index (χ4n) is 2.89. The molecule has 128 valence electrons. The van der Waals surface area contributed by atoms with Gasteiger partial charge in [-0.1, -0.05) is 52.4 Å². The summed E-state index contributed by atoms with van der Waals surface area (Å²) in [5, 5.41) is 3.47. The summed E-state index contributed by atoms with van der Waals surface area (Å²) in [4.78, 5) is 0. The van der Waals surface area contributed by atoms with Gasteiger partial charge in [0.25, 0.3) is 0 Å². The van der Waals surface area contributed by atoms with E-state index in [9.17, 15) is 0 Å². The van der Waals surface area contributed by atoms with E-state index in [0.29, 0.717) is 19.1 Å². The van der Waals surface area contributed by atoms with E-state index >= 15 is 0 Å². The maximum atomic E-state index is 5.96. The predicted octanol–water partition coefficient (Wildman–Crippen LogP) is 4.75. The van der Waals surface area contributed by atoms with Crippen LogP contribution in [0.25, 0.3) is 0 Å². The third kappa shape index (κ3) is 9.49. The third-order valence-electron chi connectivity index (χ3n) is 4.15. The normalized spacial score (nSPS) is 13.6. The minimum absolute atomic E-state index is 0.420. The molecule has 1 unspecified atom stereocenters. The van der Waals surface area contributed by atoms with Crippen molar-refractivity contribution in [3.05, 3.63) is 0 Å². The fraction of sp³-hybridized carbons (Fsp3) is 1.00. The third-order valence-corrected chi connectivity index (χ3v) is 4.15. The van der Waals surface area contributed by atoms with Crippen LogP contribution in [-0.2, 0) is 9.47 Å². The van der Waals surface area contributed by atoms with Crippen LogP contribution in [-0.4, -0.2) is 32.1 Å². The van der Waals surface area contributed by atoms with Gasteiger partial charge in [0.2, 0.25) is 0 Å². The van der Waals surface area contributed by atoms with Crippen LogP contribution < -0.4 is 5.32 Å². The summed E-state index contributed by atoms with van der Waals surface area (Å²) >= 11 is 0. The first kappa shape index (κ1) is 20.9. The maximum absolute atomic E-state index is 5.96. The van der Waals surface area contributed by atoms with Crippen molar-refractivity contribution in [1.82, 2.24) is 5.32 Å². The van der Waals surface area contributed by atoms with Crippen molar-refractivity contribution in [3.8, 4) is 0 Å². The zero-order valence-electron chi connectivity index (χ0n) is 15.2. The highest BCUT2D eigenvalue weighted by Crippen LogP contribution is 2.28. The monoisotopic (exact) mass is 301 g/mol. The minimum Gasteiger partial charge on any atom is -0.350 e. The number of nitrogens with one attached hydrogen (secondary N) is 1. The summed E-state index contributed by atoms with van der Waals surface area (Å²) in [5.74, 6) is -0.0294. The van der Waals surface area contributed by atoms with Gasteiger partial charge in [-0.15, -0.1) is 0 Å². The number of ether oxygens (including phenoxy) is 2. The molecule has 0 radical (unpaired) electrons. The van der Waals surface area contributed by atoms with E-state index in [1.54, 1.807) is 0 Å². The van der Waals surface area contributed by atoms with E-state index in [4.69, 9.17) is 9.47 Å². The van der Waals surface area contributed by atoms with Gasteiger partial charge in [0.05, 0.1) is 0 Å². The lowest BCUT2D eigenvalue weighted by Gasteiger charge is -2.37. The fourth-order valence-corrected chi connectivity index (χ4v) is 2.89. The Morgan fingerprint density at radius 1 is 0.857 bits per heavy atom. The zero-order chi connectivity index (χ0) is 16.0. The molecule has 0 saturated heterocycles. The molecule has 0 heterocycles. The molecule has 3 nitrogen and oxygen atoms in total. The van der Waals surface area contributed by atoms with Crippen molar-refractivity contribution in [2.75, 3.05) is 26.3 Å². The molecule has 1 atom stereocenters. The first-order chi connectivity index (χ1) is 10.1. The Balaban J connectivity index is 4.32. The Morgan fingerprint density at radius 2 is 1.43 bits per heavy atom. The predicted molar refractivity (Wildman–Crippen MR) is 91.7 cm³/mol. The number of hydrogen-bond acceptors (Lipinski definition) is 3. The number of rotatable bonds is 15. The van der Waals surface area contributed by atoms with Gasteiger partial charge in [-0.25, -0.2) is 0 Å². The van der Waals surface area contributed by atoms with E-state index in [0.717, 1.165) is 13.1 Å². The van der Waals surface area contributed by atoms with Crippen molar-refractivity contribution in [2.24, 2.45) is 5.92 Å². The molecule has 0 saturated carbocycles. The second-order valence-corrected chi connectivity index (χ2v) is 5.94. The quantitative estimate of drug-likeness (QED) is 0.350. The van der Waals surface area contributed by atoms with Crippen molar-refractivity contribution in [1.29, 1.82) is 0 Å². The van der Waals surface area contributed by atoms with Crippen LogP contribution in [0.15, 0.2) is 0 Å². The minimum atomic E-state index is -0.449. The van der Waals surface area contributed by atoms with E-state index in [-0.39, 0.29) is 0 Å². The largest absolute Gasteiger partial charge is 0.350 e. The summed E-state index contributed by atoms with van der Waals surface area (Å²) < 4.78 is 11.9. The number of hydrogen-bond donors (Lipinski definition) is 1. The Labute approximate surface area is 133 Å². The van der Waals surface area contributed by atoms with Gasteiger partial charge in [-0.3, -0.25) is 0 Å². The summed E-state index contributed by atoms with van der Waals surface area (Å²) in [7, 11) is 0. The Bertz CT molecular complexity index is 215. The molecule has 21 heavy (non-hydrogen) atoms. The smallest absolute Gasteiger partial charge is 0.169 e. The maximum Gasteiger partial charge on any atom is 0.169 e. The first-order valence-corrected chi connectivity index (χ1v) is 9.13. The molecule has 0 aliphatic heterocycles. The molecule has 0 aliphatic carbocycles. The van der Waals surface area contributed by atoms with Crippen LogP contribution in [0.5, 0.6) is 0 Å². The Hall–Kier alpha value is -0.120. The molecule has 0 amide bonds. The SMILES string of the molecule is CCCCCCCCC(CNCC)C(C)(OCC)OCC. The molecular weight excluding hydrogens is 262 g/mol. The Morgan fingerprint density at radius 3 is 1.95 bits per heavy atom. The standard InChI is InChI=1S/C18H39NO2/c1-6-10-11-12-13-14-15-17(16-19-7-2)18(5,20-8-3)21-9-4/h17,19H,6-16H2,1-5H3. The van der Waals surface area contributed by atoms with Gasteiger partial charge in [-0.2, -0.15) is 0 Å². The Kier molecular flexibility index (Phi) is 13.5. The van der Waals surface area contributed by atoms with Crippen LogP contribution in [0, 0.1) is 5.92 Å². The van der Waals surface area contributed by atoms with Crippen LogP contribution in [0.2, 0.25) is 0 Å². The van der Waals surface area contributed by atoms with Gasteiger partial charge < -0.3 is 14.8 Å². The summed E-state index contributed by atoms with van der Waals surface area (Å²) in [6, 6.07) is 0. The van der Waals surface area contributed by atoms with E-state index in [1.807, 2.05) is 13.8 Å². The summed E-state index contributed by atoms with van der Waals surface area (Å²) in [6.07, 6.45) is 9.21. The van der Waals surface area contributed by atoms with Gasteiger partial charge in [0.15, 0.2) is 5.79 Å². The van der Waals surface area contributed by atoms with Crippen molar-refractivity contribution in [3.63, 3.8) is 0 Å². The summed E-state index contributed by atoms with van der Waals surface area (Å²) in [6.45, 7) is 14.0. The molecular formula is C18H39NO2. The van der Waals surface area contributed by atoms with Crippen molar-refractivity contribution < 1.29 is 9.47 Å². The zero-order valence-corrected chi connectivity index (χ0v) is 15.2. The van der Waals surface area contributed by atoms with Gasteiger partial charge in [-0.05, 0) is 33.7 Å². The molecule has 1 N–H and O–H groups in total. The molecule has 0 bridgehead atoms. The average molecular weight is 302 g/mol. The van der Waals surface area contributed by atoms with Crippen LogP contribution >= 0.6 is 0 Å². The van der Waals surface area contributed by atoms with Crippen LogP contribution in [0.3, 0.4) is 0 Å². The van der Waals surface area contributed by atoms with Crippen LogP contribution in [0.4, 0.5) is 0 Å². The second-order valence-electron chi connectivity index (χ2n) is 5.94. The molecule has 0 aromatic heterocycles. The molecule has 0 spiro atoms. The van der Waals surface area contributed by atoms with E-state index in [2.05, 4.69) is 26.1 Å². The highest BCUT2D eigenvalue weighted by atomic mass is 16.7. The second kappa shape index (κ2) is 13.5. The summed E-state index contributed by atoms with van der Waals surface area (Å²) in [5.41, 5.74) is 0. The van der Waals surface area contributed by atoms with E-state index in [1.165, 1.54) is 44.9 Å². The van der Waals surface area contributed by atoms with E-state index < -0.39 is 5.79 Å². The molecule has 0 fully saturated rings. The molecule has 0 aromatic rings. The van der Waals surface area contributed by atoms with Gasteiger partial charge in [0, 0.05) is 25.7 Å². The van der Waals surface area contributed by atoms with Gasteiger partial charge in [0.1, 0.15) is 0 Å². The topological polar surface area (TPSA) is 30.5 Å². The van der Waals surface area contributed by atoms with Crippen LogP contribution in [0.1, 0.15) is 79.6 Å². The lowest BCUT2D eigenvalue weighted by molar-refractivity contribution is -0.252. The molecule has 0 rings (SSSR count). The molecule has 0 aromatic carbocycles. The average Bonchev–Trinajstić information content (AvgIpc) is 2.46. The number of unbranched alkanes of at least 4 members (excludes halogenated alkanes) is 5. The lowest BCUT2D eigenvalue weighted by atomic mass is 9.92. The molecule has 0 aliphatic rings. The highest BCUT2D eigenvalue weighted by molar-refractivity contribution is 4.78. The molecule has 3 heteroatoms. The van der Waals surface area contributed by atoms with Crippen molar-refractivity contribution in [2.45, 2.75) is 85.4 Å². The highest BCUT2D eigenvalue weighted by Gasteiger charge is 2.34. The van der Waals surface area contributed by atoms with Gasteiger partial charge >= 0.3 is 0 Å².